The summed E-state index contributed by atoms with van der Waals surface area (Å²) >= 11 is 0. The summed E-state index contributed by atoms with van der Waals surface area (Å²) in [6, 6.07) is 9.65. The maximum Gasteiger partial charge on any atom is 0.119 e. The first kappa shape index (κ1) is 12.9. The lowest BCUT2D eigenvalue weighted by Crippen LogP contribution is -2.42. The Morgan fingerprint density at radius 1 is 1.21 bits per heavy atom. The van der Waals surface area contributed by atoms with E-state index in [1.54, 1.807) is 7.11 Å². The van der Waals surface area contributed by atoms with Crippen molar-refractivity contribution in [1.29, 1.82) is 0 Å². The van der Waals surface area contributed by atoms with Gasteiger partial charge in [0.25, 0.3) is 0 Å². The molecule has 2 saturated heterocycles. The number of hydrogen-bond acceptors (Lipinski definition) is 3. The van der Waals surface area contributed by atoms with Crippen LogP contribution in [0.15, 0.2) is 24.3 Å². The number of nitrogens with zero attached hydrogens (tertiary/aromatic N) is 1. The molecule has 0 N–H and O–H groups in total. The van der Waals surface area contributed by atoms with Gasteiger partial charge in [0.2, 0.25) is 0 Å². The van der Waals surface area contributed by atoms with Gasteiger partial charge in [-0.05, 0) is 50.4 Å². The summed E-state index contributed by atoms with van der Waals surface area (Å²) in [5.74, 6) is 0.907. The molecule has 0 aliphatic carbocycles. The molecule has 2 heterocycles. The van der Waals surface area contributed by atoms with Gasteiger partial charge < -0.3 is 14.4 Å². The Morgan fingerprint density at radius 2 is 1.95 bits per heavy atom. The molecule has 0 spiro atoms. The number of rotatable bonds is 4. The number of ether oxygens (including phenoxy) is 2. The molecule has 1 aromatic carbocycles. The third-order valence-electron chi connectivity index (χ3n) is 4.67. The molecule has 2 fully saturated rings. The minimum absolute atomic E-state index is 0.430. The van der Waals surface area contributed by atoms with Gasteiger partial charge in [0.05, 0.1) is 19.8 Å². The molecule has 2 bridgehead atoms. The maximum atomic E-state index is 6.12. The third-order valence-corrected chi connectivity index (χ3v) is 4.67. The van der Waals surface area contributed by atoms with Crippen LogP contribution in [0.5, 0.6) is 5.75 Å². The predicted molar refractivity (Wildman–Crippen MR) is 75.4 cm³/mol. The van der Waals surface area contributed by atoms with Crippen molar-refractivity contribution < 1.29 is 9.47 Å². The molecule has 3 nitrogen and oxygen atoms in total. The smallest absolute Gasteiger partial charge is 0.119 e. The Morgan fingerprint density at radius 3 is 2.63 bits per heavy atom. The highest BCUT2D eigenvalue weighted by atomic mass is 16.5. The summed E-state index contributed by atoms with van der Waals surface area (Å²) in [6.45, 7) is 0.699. The van der Waals surface area contributed by atoms with Gasteiger partial charge >= 0.3 is 0 Å². The standard InChI is InChI=1S/C16H23NO2/c1-17-13-6-7-14(17)10-16(9-13)19-11-12-4-3-5-15(8-12)18-2/h3-5,8,13-14,16H,6-7,9-11H2,1-2H3/t13-,14+,16?. The number of fused-ring (bicyclic) bond motifs is 2. The monoisotopic (exact) mass is 261 g/mol. The molecule has 0 radical (unpaired) electrons. The van der Waals surface area contributed by atoms with E-state index in [4.69, 9.17) is 9.47 Å². The summed E-state index contributed by atoms with van der Waals surface area (Å²) in [7, 11) is 3.97. The van der Waals surface area contributed by atoms with Gasteiger partial charge in [-0.15, -0.1) is 0 Å². The molecule has 3 atom stereocenters. The summed E-state index contributed by atoms with van der Waals surface area (Å²) in [5, 5.41) is 0. The van der Waals surface area contributed by atoms with Gasteiger partial charge in [-0.1, -0.05) is 12.1 Å². The highest BCUT2D eigenvalue weighted by molar-refractivity contribution is 5.27. The molecule has 0 amide bonds. The van der Waals surface area contributed by atoms with E-state index in [-0.39, 0.29) is 0 Å². The molecule has 0 aromatic heterocycles. The zero-order valence-electron chi connectivity index (χ0n) is 11.8. The summed E-state index contributed by atoms with van der Waals surface area (Å²) in [5.41, 5.74) is 1.20. The van der Waals surface area contributed by atoms with E-state index in [1.165, 1.54) is 31.2 Å². The van der Waals surface area contributed by atoms with Crippen molar-refractivity contribution in [3.8, 4) is 5.75 Å². The fourth-order valence-corrected chi connectivity index (χ4v) is 3.47. The lowest BCUT2D eigenvalue weighted by Gasteiger charge is -2.36. The summed E-state index contributed by atoms with van der Waals surface area (Å²) in [6.07, 6.45) is 5.51. The van der Waals surface area contributed by atoms with Gasteiger partial charge in [0.15, 0.2) is 0 Å². The van der Waals surface area contributed by atoms with Crippen LogP contribution in [0.1, 0.15) is 31.2 Å². The van der Waals surface area contributed by atoms with Crippen molar-refractivity contribution in [3.05, 3.63) is 29.8 Å². The van der Waals surface area contributed by atoms with Crippen LogP contribution in [-0.4, -0.2) is 37.2 Å². The molecular formula is C16H23NO2. The van der Waals surface area contributed by atoms with E-state index < -0.39 is 0 Å². The topological polar surface area (TPSA) is 21.7 Å². The van der Waals surface area contributed by atoms with Crippen LogP contribution in [0.25, 0.3) is 0 Å². The average Bonchev–Trinajstić information content (AvgIpc) is 2.68. The van der Waals surface area contributed by atoms with Crippen molar-refractivity contribution >= 4 is 0 Å². The van der Waals surface area contributed by atoms with E-state index in [0.29, 0.717) is 12.7 Å². The Labute approximate surface area is 115 Å². The Bertz CT molecular complexity index is 421. The quantitative estimate of drug-likeness (QED) is 0.832. The van der Waals surface area contributed by atoms with Crippen LogP contribution < -0.4 is 4.74 Å². The molecule has 104 valence electrons. The second-order valence-corrected chi connectivity index (χ2v) is 5.81. The van der Waals surface area contributed by atoms with Crippen LogP contribution in [0, 0.1) is 0 Å². The molecule has 1 aromatic rings. The number of benzene rings is 1. The van der Waals surface area contributed by atoms with Crippen molar-refractivity contribution in [1.82, 2.24) is 4.90 Å². The van der Waals surface area contributed by atoms with Crippen LogP contribution in [0.2, 0.25) is 0 Å². The van der Waals surface area contributed by atoms with Crippen molar-refractivity contribution in [2.24, 2.45) is 0 Å². The maximum absolute atomic E-state index is 6.12. The first-order valence-corrected chi connectivity index (χ1v) is 7.22. The van der Waals surface area contributed by atoms with Crippen LogP contribution >= 0.6 is 0 Å². The number of hydrogen-bond donors (Lipinski definition) is 0. The highest BCUT2D eigenvalue weighted by Crippen LogP contribution is 2.35. The molecule has 0 saturated carbocycles. The zero-order chi connectivity index (χ0) is 13.2. The van der Waals surface area contributed by atoms with E-state index >= 15 is 0 Å². The van der Waals surface area contributed by atoms with E-state index in [9.17, 15) is 0 Å². The molecule has 3 heteroatoms. The molecule has 19 heavy (non-hydrogen) atoms. The van der Waals surface area contributed by atoms with Crippen LogP contribution in [-0.2, 0) is 11.3 Å². The van der Waals surface area contributed by atoms with Gasteiger partial charge in [-0.2, -0.15) is 0 Å². The SMILES string of the molecule is COc1cccc(COC2C[C@H]3CC[C@@H](C2)N3C)c1. The number of piperidine rings is 1. The van der Waals surface area contributed by atoms with Gasteiger partial charge in [-0.3, -0.25) is 0 Å². The zero-order valence-corrected chi connectivity index (χ0v) is 11.8. The summed E-state index contributed by atoms with van der Waals surface area (Å²) in [4.78, 5) is 2.55. The first-order chi connectivity index (χ1) is 9.26. The molecular weight excluding hydrogens is 238 g/mol. The fourth-order valence-electron chi connectivity index (χ4n) is 3.47. The van der Waals surface area contributed by atoms with Crippen molar-refractivity contribution in [2.45, 2.75) is 50.5 Å². The van der Waals surface area contributed by atoms with Gasteiger partial charge in [0.1, 0.15) is 5.75 Å². The Balaban J connectivity index is 1.55. The average molecular weight is 261 g/mol. The minimum atomic E-state index is 0.430. The largest absolute Gasteiger partial charge is 0.497 e. The fraction of sp³-hybridized carbons (Fsp3) is 0.625. The summed E-state index contributed by atoms with van der Waals surface area (Å²) < 4.78 is 11.4. The second-order valence-electron chi connectivity index (χ2n) is 5.81. The minimum Gasteiger partial charge on any atom is -0.497 e. The highest BCUT2D eigenvalue weighted by Gasteiger charge is 2.38. The van der Waals surface area contributed by atoms with Gasteiger partial charge in [0, 0.05) is 12.1 Å². The van der Waals surface area contributed by atoms with E-state index in [0.717, 1.165) is 17.8 Å². The predicted octanol–water partition coefficient (Wildman–Crippen LogP) is 2.84. The lowest BCUT2D eigenvalue weighted by atomic mass is 10.0. The van der Waals surface area contributed by atoms with Crippen molar-refractivity contribution in [3.63, 3.8) is 0 Å². The van der Waals surface area contributed by atoms with E-state index in [2.05, 4.69) is 24.1 Å². The third kappa shape index (κ3) is 2.77. The lowest BCUT2D eigenvalue weighted by molar-refractivity contribution is -0.0211. The van der Waals surface area contributed by atoms with E-state index in [1.807, 2.05) is 12.1 Å². The van der Waals surface area contributed by atoms with Gasteiger partial charge in [-0.25, -0.2) is 0 Å². The molecule has 3 rings (SSSR count). The Kier molecular flexibility index (Phi) is 3.76. The molecule has 2 aliphatic heterocycles. The van der Waals surface area contributed by atoms with Crippen LogP contribution in [0.4, 0.5) is 0 Å². The first-order valence-electron chi connectivity index (χ1n) is 7.22. The normalized spacial score (nSPS) is 30.5. The molecule has 1 unspecified atom stereocenters. The second kappa shape index (κ2) is 5.51. The Hall–Kier alpha value is -1.06. The van der Waals surface area contributed by atoms with Crippen LogP contribution in [0.3, 0.4) is 0 Å². The van der Waals surface area contributed by atoms with Crippen molar-refractivity contribution in [2.75, 3.05) is 14.2 Å². The number of methoxy groups -OCH3 is 1. The molecule has 2 aliphatic rings.